The van der Waals surface area contributed by atoms with Crippen LogP contribution in [0.5, 0.6) is 11.5 Å². The van der Waals surface area contributed by atoms with Crippen LogP contribution in [0.15, 0.2) is 60.2 Å². The molecule has 2 fully saturated rings. The van der Waals surface area contributed by atoms with Gasteiger partial charge in [-0.2, -0.15) is 0 Å². The Morgan fingerprint density at radius 1 is 1.10 bits per heavy atom. The van der Waals surface area contributed by atoms with Crippen molar-refractivity contribution in [2.45, 2.75) is 43.2 Å². The van der Waals surface area contributed by atoms with E-state index >= 15 is 0 Å². The number of benzene rings is 2. The van der Waals surface area contributed by atoms with Crippen LogP contribution in [0.1, 0.15) is 36.0 Å². The Balaban J connectivity index is 1.45. The van der Waals surface area contributed by atoms with E-state index in [0.717, 1.165) is 36.8 Å². The minimum atomic E-state index is -0.0396. The molecule has 2 bridgehead atoms. The highest BCUT2D eigenvalue weighted by Gasteiger charge is 2.61. The average molecular weight is 398 g/mol. The number of hydrogen-bond donors (Lipinski definition) is 0. The first-order valence-corrected chi connectivity index (χ1v) is 11.4. The first-order chi connectivity index (χ1) is 14.8. The summed E-state index contributed by atoms with van der Waals surface area (Å²) in [7, 11) is 1.76. The lowest BCUT2D eigenvalue weighted by atomic mass is 9.56. The van der Waals surface area contributed by atoms with E-state index < -0.39 is 0 Å². The van der Waals surface area contributed by atoms with Gasteiger partial charge in [-0.05, 0) is 54.4 Å². The van der Waals surface area contributed by atoms with Crippen molar-refractivity contribution < 1.29 is 9.47 Å². The summed E-state index contributed by atoms with van der Waals surface area (Å²) in [4.78, 5) is 2.78. The van der Waals surface area contributed by atoms with E-state index in [1.54, 1.807) is 12.7 Å². The SMILES string of the molecule is COc1ccc2c3c1OC1C(c4ccccc4)=CC=C4C(C2)N(CC2CC2)CCC431. The van der Waals surface area contributed by atoms with Crippen molar-refractivity contribution in [3.05, 3.63) is 76.9 Å². The molecule has 30 heavy (non-hydrogen) atoms. The lowest BCUT2D eigenvalue weighted by molar-refractivity contribution is 0.0997. The van der Waals surface area contributed by atoms with Crippen molar-refractivity contribution in [1.29, 1.82) is 0 Å². The highest BCUT2D eigenvalue weighted by Crippen LogP contribution is 2.63. The second kappa shape index (κ2) is 6.01. The summed E-state index contributed by atoms with van der Waals surface area (Å²) >= 11 is 0. The Kier molecular flexibility index (Phi) is 3.44. The number of methoxy groups -OCH3 is 1. The van der Waals surface area contributed by atoms with E-state index in [-0.39, 0.29) is 11.5 Å². The third-order valence-electron chi connectivity index (χ3n) is 8.10. The quantitative estimate of drug-likeness (QED) is 0.743. The van der Waals surface area contributed by atoms with Crippen LogP contribution in [0.2, 0.25) is 0 Å². The maximum absolute atomic E-state index is 6.84. The van der Waals surface area contributed by atoms with Crippen molar-refractivity contribution in [2.24, 2.45) is 5.92 Å². The van der Waals surface area contributed by atoms with E-state index in [1.165, 1.54) is 41.6 Å². The van der Waals surface area contributed by atoms with Gasteiger partial charge in [0.15, 0.2) is 11.5 Å². The van der Waals surface area contributed by atoms with Gasteiger partial charge >= 0.3 is 0 Å². The largest absolute Gasteiger partial charge is 0.493 e. The highest BCUT2D eigenvalue weighted by atomic mass is 16.5. The summed E-state index contributed by atoms with van der Waals surface area (Å²) in [6, 6.07) is 15.7. The standard InChI is InChI=1S/C27H27NO2/c1-29-23-12-9-19-15-22-21-11-10-20(18-5-3-2-4-6-18)26-27(21,24(19)25(23)30-26)13-14-28(22)16-17-7-8-17/h2-6,9-12,17,22,26H,7-8,13-16H2,1H3. The maximum Gasteiger partial charge on any atom is 0.166 e. The second-order valence-electron chi connectivity index (χ2n) is 9.62. The first kappa shape index (κ1) is 17.2. The normalized spacial score (nSPS) is 30.8. The third kappa shape index (κ3) is 2.14. The van der Waals surface area contributed by atoms with Crippen LogP contribution in [0.3, 0.4) is 0 Å². The number of rotatable bonds is 4. The second-order valence-corrected chi connectivity index (χ2v) is 9.62. The van der Waals surface area contributed by atoms with Gasteiger partial charge in [0, 0.05) is 30.3 Å². The summed E-state index contributed by atoms with van der Waals surface area (Å²) in [5.41, 5.74) is 7.00. The lowest BCUT2D eigenvalue weighted by Gasteiger charge is -2.54. The Morgan fingerprint density at radius 2 is 1.97 bits per heavy atom. The molecule has 0 aromatic heterocycles. The molecule has 7 rings (SSSR count). The number of nitrogens with zero attached hydrogens (tertiary/aromatic N) is 1. The maximum atomic E-state index is 6.84. The molecule has 0 N–H and O–H groups in total. The minimum Gasteiger partial charge on any atom is -0.493 e. The van der Waals surface area contributed by atoms with Gasteiger partial charge in [-0.3, -0.25) is 4.90 Å². The predicted molar refractivity (Wildman–Crippen MR) is 118 cm³/mol. The number of hydrogen-bond acceptors (Lipinski definition) is 3. The van der Waals surface area contributed by atoms with Gasteiger partial charge < -0.3 is 9.47 Å². The van der Waals surface area contributed by atoms with Gasteiger partial charge in [-0.15, -0.1) is 0 Å². The van der Waals surface area contributed by atoms with Gasteiger partial charge in [-0.25, -0.2) is 0 Å². The van der Waals surface area contributed by atoms with Crippen LogP contribution in [-0.2, 0) is 11.8 Å². The van der Waals surface area contributed by atoms with E-state index in [0.29, 0.717) is 6.04 Å². The van der Waals surface area contributed by atoms with Gasteiger partial charge in [0.05, 0.1) is 12.5 Å². The molecule has 0 radical (unpaired) electrons. The summed E-state index contributed by atoms with van der Waals surface area (Å²) in [5.74, 6) is 2.79. The zero-order chi connectivity index (χ0) is 19.9. The summed E-state index contributed by atoms with van der Waals surface area (Å²) in [6.45, 7) is 2.42. The summed E-state index contributed by atoms with van der Waals surface area (Å²) in [6.07, 6.45) is 9.87. The molecule has 5 aliphatic rings. The third-order valence-corrected chi connectivity index (χ3v) is 8.10. The molecule has 0 amide bonds. The van der Waals surface area contributed by atoms with Crippen LogP contribution in [0, 0.1) is 5.92 Å². The number of likely N-dealkylation sites (tertiary alicyclic amines) is 1. The fraction of sp³-hybridized carbons (Fsp3) is 0.407. The first-order valence-electron chi connectivity index (χ1n) is 11.4. The molecule has 3 aliphatic carbocycles. The van der Waals surface area contributed by atoms with Crippen LogP contribution in [0.25, 0.3) is 5.57 Å². The molecule has 3 nitrogen and oxygen atoms in total. The molecule has 1 spiro atoms. The summed E-state index contributed by atoms with van der Waals surface area (Å²) < 4.78 is 12.6. The molecule has 152 valence electrons. The topological polar surface area (TPSA) is 21.7 Å². The van der Waals surface area contributed by atoms with Crippen LogP contribution in [0.4, 0.5) is 0 Å². The Morgan fingerprint density at radius 3 is 2.77 bits per heavy atom. The minimum absolute atomic E-state index is 0.0378. The molecule has 2 aliphatic heterocycles. The molecule has 2 aromatic carbocycles. The molecule has 3 unspecified atom stereocenters. The molecular formula is C27H27NO2. The van der Waals surface area contributed by atoms with Gasteiger partial charge in [-0.1, -0.05) is 48.6 Å². The Labute approximate surface area is 178 Å². The van der Waals surface area contributed by atoms with Gasteiger partial charge in [0.2, 0.25) is 0 Å². The number of allylic oxidation sites excluding steroid dienone is 2. The molecule has 1 saturated heterocycles. The molecule has 2 heterocycles. The van der Waals surface area contributed by atoms with Gasteiger partial charge in [0.1, 0.15) is 6.10 Å². The van der Waals surface area contributed by atoms with Crippen molar-refractivity contribution in [3.63, 3.8) is 0 Å². The molecule has 2 aromatic rings. The monoisotopic (exact) mass is 397 g/mol. The fourth-order valence-electron chi connectivity index (χ4n) is 6.59. The molecule has 1 saturated carbocycles. The van der Waals surface area contributed by atoms with Crippen molar-refractivity contribution in [1.82, 2.24) is 4.90 Å². The molecule has 3 atom stereocenters. The van der Waals surface area contributed by atoms with Crippen LogP contribution >= 0.6 is 0 Å². The van der Waals surface area contributed by atoms with Crippen LogP contribution in [-0.4, -0.2) is 37.2 Å². The van der Waals surface area contributed by atoms with Crippen molar-refractivity contribution in [3.8, 4) is 11.5 Å². The zero-order valence-corrected chi connectivity index (χ0v) is 17.4. The number of ether oxygens (including phenoxy) is 2. The zero-order valence-electron chi connectivity index (χ0n) is 17.4. The van der Waals surface area contributed by atoms with Crippen LogP contribution < -0.4 is 9.47 Å². The summed E-state index contributed by atoms with van der Waals surface area (Å²) in [5, 5.41) is 0. The van der Waals surface area contributed by atoms with Crippen molar-refractivity contribution >= 4 is 5.57 Å². The van der Waals surface area contributed by atoms with Crippen molar-refractivity contribution in [2.75, 3.05) is 20.2 Å². The van der Waals surface area contributed by atoms with E-state index in [2.05, 4.69) is 59.5 Å². The Bertz CT molecular complexity index is 1100. The predicted octanol–water partition coefficient (Wildman–Crippen LogP) is 4.76. The fourth-order valence-corrected chi connectivity index (χ4v) is 6.59. The molecule has 3 heteroatoms. The number of piperidine rings is 1. The average Bonchev–Trinajstić information content (AvgIpc) is 3.54. The highest BCUT2D eigenvalue weighted by molar-refractivity contribution is 5.81. The lowest BCUT2D eigenvalue weighted by Crippen LogP contribution is -2.59. The van der Waals surface area contributed by atoms with E-state index in [4.69, 9.17) is 9.47 Å². The van der Waals surface area contributed by atoms with Gasteiger partial charge in [0.25, 0.3) is 0 Å². The van der Waals surface area contributed by atoms with E-state index in [1.807, 2.05) is 0 Å². The molecular weight excluding hydrogens is 370 g/mol. The Hall–Kier alpha value is -2.52. The van der Waals surface area contributed by atoms with E-state index in [9.17, 15) is 0 Å². The smallest absolute Gasteiger partial charge is 0.166 e.